The Kier molecular flexibility index (Phi) is 4.70. The number of ether oxygens (including phenoxy) is 2. The van der Waals surface area contributed by atoms with Crippen molar-refractivity contribution in [2.45, 2.75) is 32.5 Å². The molecule has 1 aliphatic heterocycles. The Morgan fingerprint density at radius 3 is 2.00 bits per heavy atom. The number of hydrogen-bond donors (Lipinski definition) is 1. The number of amides is 1. The molecule has 1 N–H and O–H groups in total. The van der Waals surface area contributed by atoms with Crippen LogP contribution in [-0.2, 0) is 19.1 Å². The zero-order valence-corrected chi connectivity index (χ0v) is 11.3. The number of rotatable bonds is 5. The van der Waals surface area contributed by atoms with Crippen molar-refractivity contribution >= 4 is 11.9 Å². The van der Waals surface area contributed by atoms with Gasteiger partial charge in [-0.1, -0.05) is 0 Å². The number of methoxy groups -OCH3 is 2. The molecule has 1 saturated heterocycles. The molecule has 0 radical (unpaired) electrons. The molecule has 2 atom stereocenters. The van der Waals surface area contributed by atoms with E-state index in [-0.39, 0.29) is 24.5 Å². The van der Waals surface area contributed by atoms with Gasteiger partial charge in [0.15, 0.2) is 0 Å². The second kappa shape index (κ2) is 5.67. The first-order chi connectivity index (χ1) is 8.31. The van der Waals surface area contributed by atoms with Crippen LogP contribution in [0, 0.1) is 5.41 Å². The smallest absolute Gasteiger partial charge is 0.309 e. The molecule has 0 bridgehead atoms. The Balaban J connectivity index is 2.62. The molecule has 104 valence electrons. The lowest BCUT2D eigenvalue weighted by Gasteiger charge is -2.22. The van der Waals surface area contributed by atoms with Crippen molar-refractivity contribution in [1.82, 2.24) is 4.90 Å². The predicted molar refractivity (Wildman–Crippen MR) is 64.2 cm³/mol. The maximum Gasteiger partial charge on any atom is 0.309 e. The lowest BCUT2D eigenvalue weighted by atomic mass is 9.89. The molecule has 0 saturated carbocycles. The van der Waals surface area contributed by atoms with Crippen molar-refractivity contribution in [3.05, 3.63) is 0 Å². The lowest BCUT2D eigenvalue weighted by molar-refractivity contribution is -0.151. The highest BCUT2D eigenvalue weighted by atomic mass is 16.5. The first-order valence-corrected chi connectivity index (χ1v) is 5.88. The van der Waals surface area contributed by atoms with Crippen LogP contribution in [0.3, 0.4) is 0 Å². The summed E-state index contributed by atoms with van der Waals surface area (Å²) >= 11 is 0. The Morgan fingerprint density at radius 2 is 1.67 bits per heavy atom. The molecule has 6 heteroatoms. The standard InChI is InChI=1S/C12H21NO5/c1-12(2,11(15)16)5-10(14)13-6-8(17-3)9(7-13)18-4/h8-9H,5-7H2,1-4H3,(H,15,16). The zero-order chi connectivity index (χ0) is 13.9. The number of carboxylic acid groups (broad SMARTS) is 1. The van der Waals surface area contributed by atoms with E-state index in [1.54, 1.807) is 33.0 Å². The second-order valence-corrected chi connectivity index (χ2v) is 5.21. The lowest BCUT2D eigenvalue weighted by Crippen LogP contribution is -2.36. The van der Waals surface area contributed by atoms with Crippen LogP contribution in [0.5, 0.6) is 0 Å². The van der Waals surface area contributed by atoms with Gasteiger partial charge in [-0.25, -0.2) is 0 Å². The molecule has 1 fully saturated rings. The van der Waals surface area contributed by atoms with E-state index in [9.17, 15) is 9.59 Å². The molecule has 0 aromatic heterocycles. The van der Waals surface area contributed by atoms with Gasteiger partial charge in [0, 0.05) is 33.7 Å². The van der Waals surface area contributed by atoms with Crippen molar-refractivity contribution in [3.8, 4) is 0 Å². The summed E-state index contributed by atoms with van der Waals surface area (Å²) < 4.78 is 10.5. The summed E-state index contributed by atoms with van der Waals surface area (Å²) in [5.74, 6) is -1.15. The normalized spacial score (nSPS) is 24.3. The number of likely N-dealkylation sites (tertiary alicyclic amines) is 1. The number of aliphatic carboxylic acids is 1. The van der Waals surface area contributed by atoms with Gasteiger partial charge in [0.25, 0.3) is 0 Å². The van der Waals surface area contributed by atoms with E-state index < -0.39 is 11.4 Å². The maximum absolute atomic E-state index is 12.0. The van der Waals surface area contributed by atoms with E-state index in [1.807, 2.05) is 0 Å². The van der Waals surface area contributed by atoms with Gasteiger partial charge in [-0.15, -0.1) is 0 Å². The molecule has 2 unspecified atom stereocenters. The minimum atomic E-state index is -1.05. The fraction of sp³-hybridized carbons (Fsp3) is 0.833. The van der Waals surface area contributed by atoms with Gasteiger partial charge >= 0.3 is 5.97 Å². The van der Waals surface area contributed by atoms with Crippen LogP contribution in [0.2, 0.25) is 0 Å². The molecule has 18 heavy (non-hydrogen) atoms. The van der Waals surface area contributed by atoms with E-state index in [0.29, 0.717) is 13.1 Å². The van der Waals surface area contributed by atoms with Crippen molar-refractivity contribution in [1.29, 1.82) is 0 Å². The SMILES string of the molecule is COC1CN(C(=O)CC(C)(C)C(=O)O)CC1OC. The zero-order valence-electron chi connectivity index (χ0n) is 11.3. The van der Waals surface area contributed by atoms with Crippen LogP contribution in [0.25, 0.3) is 0 Å². The Hall–Kier alpha value is -1.14. The average Bonchev–Trinajstić information content (AvgIpc) is 2.71. The maximum atomic E-state index is 12.0. The Bertz CT molecular complexity index is 316. The molecule has 1 amide bonds. The number of carboxylic acids is 1. The second-order valence-electron chi connectivity index (χ2n) is 5.21. The van der Waals surface area contributed by atoms with Crippen molar-refractivity contribution in [3.63, 3.8) is 0 Å². The molecule has 1 heterocycles. The molecular weight excluding hydrogens is 238 g/mol. The molecule has 6 nitrogen and oxygen atoms in total. The topological polar surface area (TPSA) is 76.1 Å². The summed E-state index contributed by atoms with van der Waals surface area (Å²) in [4.78, 5) is 24.6. The third kappa shape index (κ3) is 3.20. The molecule has 0 aliphatic carbocycles. The highest BCUT2D eigenvalue weighted by Gasteiger charge is 2.38. The van der Waals surface area contributed by atoms with Gasteiger partial charge in [0.1, 0.15) is 12.2 Å². The van der Waals surface area contributed by atoms with Crippen LogP contribution in [-0.4, -0.2) is 61.4 Å². The van der Waals surface area contributed by atoms with Crippen LogP contribution in [0.1, 0.15) is 20.3 Å². The van der Waals surface area contributed by atoms with Crippen LogP contribution in [0.4, 0.5) is 0 Å². The molecule has 1 aliphatic rings. The molecule has 0 aromatic rings. The number of hydrogen-bond acceptors (Lipinski definition) is 4. The largest absolute Gasteiger partial charge is 0.481 e. The number of carbonyl (C=O) groups is 2. The van der Waals surface area contributed by atoms with E-state index in [2.05, 4.69) is 0 Å². The van der Waals surface area contributed by atoms with Crippen LogP contribution < -0.4 is 0 Å². The quantitative estimate of drug-likeness (QED) is 0.771. The predicted octanol–water partition coefficient (Wildman–Crippen LogP) is 0.360. The minimum absolute atomic E-state index is 0.0186. The average molecular weight is 259 g/mol. The summed E-state index contributed by atoms with van der Waals surface area (Å²) in [6.07, 6.45) is -0.311. The first-order valence-electron chi connectivity index (χ1n) is 5.88. The van der Waals surface area contributed by atoms with E-state index >= 15 is 0 Å². The first kappa shape index (κ1) is 14.9. The van der Waals surface area contributed by atoms with E-state index in [0.717, 1.165) is 0 Å². The monoisotopic (exact) mass is 259 g/mol. The fourth-order valence-corrected chi connectivity index (χ4v) is 1.97. The molecular formula is C12H21NO5. The summed E-state index contributed by atoms with van der Waals surface area (Å²) in [5, 5.41) is 9.01. The van der Waals surface area contributed by atoms with Gasteiger partial charge < -0.3 is 19.5 Å². The highest BCUT2D eigenvalue weighted by molar-refractivity contribution is 5.84. The van der Waals surface area contributed by atoms with Gasteiger partial charge in [0.2, 0.25) is 5.91 Å². The van der Waals surface area contributed by atoms with Crippen LogP contribution in [0.15, 0.2) is 0 Å². The van der Waals surface area contributed by atoms with Gasteiger partial charge in [-0.2, -0.15) is 0 Å². The van der Waals surface area contributed by atoms with Crippen LogP contribution >= 0.6 is 0 Å². The third-order valence-electron chi connectivity index (χ3n) is 3.35. The van der Waals surface area contributed by atoms with Crippen molar-refractivity contribution in [2.24, 2.45) is 5.41 Å². The fourth-order valence-electron chi connectivity index (χ4n) is 1.97. The summed E-state index contributed by atoms with van der Waals surface area (Å²) in [5.41, 5.74) is -1.05. The highest BCUT2D eigenvalue weighted by Crippen LogP contribution is 2.24. The third-order valence-corrected chi connectivity index (χ3v) is 3.35. The Labute approximate surface area is 107 Å². The Morgan fingerprint density at radius 1 is 1.22 bits per heavy atom. The summed E-state index contributed by atoms with van der Waals surface area (Å²) in [7, 11) is 3.15. The van der Waals surface area contributed by atoms with Crippen molar-refractivity contribution in [2.75, 3.05) is 27.3 Å². The van der Waals surface area contributed by atoms with Gasteiger partial charge in [-0.3, -0.25) is 9.59 Å². The molecule has 0 aromatic carbocycles. The molecule has 0 spiro atoms. The summed E-state index contributed by atoms with van der Waals surface area (Å²) in [6.45, 7) is 3.99. The van der Waals surface area contributed by atoms with Crippen molar-refractivity contribution < 1.29 is 24.2 Å². The van der Waals surface area contributed by atoms with Gasteiger partial charge in [0.05, 0.1) is 5.41 Å². The van der Waals surface area contributed by atoms with E-state index in [1.165, 1.54) is 0 Å². The summed E-state index contributed by atoms with van der Waals surface area (Å²) in [6, 6.07) is 0. The minimum Gasteiger partial charge on any atom is -0.481 e. The van der Waals surface area contributed by atoms with Gasteiger partial charge in [-0.05, 0) is 13.8 Å². The molecule has 1 rings (SSSR count). The number of carbonyl (C=O) groups excluding carboxylic acids is 1. The number of nitrogens with zero attached hydrogens (tertiary/aromatic N) is 1. The van der Waals surface area contributed by atoms with E-state index in [4.69, 9.17) is 14.6 Å².